The van der Waals surface area contributed by atoms with Crippen molar-refractivity contribution in [3.05, 3.63) is 23.9 Å². The minimum Gasteiger partial charge on any atom is -0.393 e. The number of amides is 1. The number of carbonyl (C=O) groups excluding carboxylic acids is 1. The van der Waals surface area contributed by atoms with Gasteiger partial charge in [0.25, 0.3) is 0 Å². The second kappa shape index (κ2) is 7.21. The first kappa shape index (κ1) is 19.5. The number of piperidine rings is 1. The van der Waals surface area contributed by atoms with Gasteiger partial charge in [-0.25, -0.2) is 4.98 Å². The summed E-state index contributed by atoms with van der Waals surface area (Å²) in [5.41, 5.74) is -1.36. The summed E-state index contributed by atoms with van der Waals surface area (Å²) in [4.78, 5) is 20.9. The van der Waals surface area contributed by atoms with E-state index in [1.54, 1.807) is 4.90 Å². The number of halogens is 3. The Morgan fingerprint density at radius 2 is 1.89 bits per heavy atom. The zero-order chi connectivity index (χ0) is 19.9. The van der Waals surface area contributed by atoms with Gasteiger partial charge in [-0.2, -0.15) is 13.2 Å². The van der Waals surface area contributed by atoms with E-state index in [1.165, 1.54) is 12.3 Å². The molecule has 2 aliphatic heterocycles. The van der Waals surface area contributed by atoms with Crippen LogP contribution in [0.1, 0.15) is 50.5 Å². The molecule has 154 valence electrons. The minimum absolute atomic E-state index is 0.0684. The van der Waals surface area contributed by atoms with Crippen molar-refractivity contribution in [1.29, 1.82) is 0 Å². The molecule has 4 rings (SSSR count). The highest BCUT2D eigenvalue weighted by Crippen LogP contribution is 2.45. The lowest BCUT2D eigenvalue weighted by molar-refractivity contribution is -0.139. The fourth-order valence-electron chi connectivity index (χ4n) is 5.13. The number of anilines is 1. The van der Waals surface area contributed by atoms with Gasteiger partial charge in [0.1, 0.15) is 5.82 Å². The molecule has 8 heteroatoms. The molecule has 0 radical (unpaired) electrons. The van der Waals surface area contributed by atoms with Gasteiger partial charge in [-0.3, -0.25) is 4.79 Å². The lowest BCUT2D eigenvalue weighted by atomic mass is 9.78. The number of hydrogen-bond acceptors (Lipinski definition) is 4. The summed E-state index contributed by atoms with van der Waals surface area (Å²) in [6.45, 7) is 1.42. The summed E-state index contributed by atoms with van der Waals surface area (Å²) >= 11 is 0. The van der Waals surface area contributed by atoms with E-state index in [0.717, 1.165) is 18.9 Å². The average Bonchev–Trinajstić information content (AvgIpc) is 2.98. The molecule has 1 atom stereocenters. The molecule has 1 saturated carbocycles. The van der Waals surface area contributed by atoms with E-state index in [1.807, 2.05) is 4.90 Å². The van der Waals surface area contributed by atoms with E-state index in [4.69, 9.17) is 0 Å². The fraction of sp³-hybridized carbons (Fsp3) is 0.700. The fourth-order valence-corrected chi connectivity index (χ4v) is 5.13. The topological polar surface area (TPSA) is 56.7 Å². The second-order valence-electron chi connectivity index (χ2n) is 8.39. The van der Waals surface area contributed by atoms with E-state index in [0.29, 0.717) is 45.2 Å². The standard InChI is InChI=1S/C20H26F3N3O2/c21-20(22,23)16-3-1-10-24-17(16)25-11-2-8-19(13-25)9-12-26(18(19)28)14-4-6-15(27)7-5-14/h1,3,10,14-15,27H,2,4-9,11-13H2/t14-,15+,19?. The number of rotatable bonds is 2. The third-order valence-electron chi connectivity index (χ3n) is 6.62. The van der Waals surface area contributed by atoms with Crippen LogP contribution in [0.3, 0.4) is 0 Å². The Morgan fingerprint density at radius 3 is 2.61 bits per heavy atom. The third kappa shape index (κ3) is 3.47. The molecule has 3 heterocycles. The monoisotopic (exact) mass is 397 g/mol. The van der Waals surface area contributed by atoms with Gasteiger partial charge in [0, 0.05) is 31.9 Å². The molecule has 3 aliphatic rings. The molecule has 1 aliphatic carbocycles. The zero-order valence-electron chi connectivity index (χ0n) is 15.8. The van der Waals surface area contributed by atoms with Gasteiger partial charge in [-0.15, -0.1) is 0 Å². The summed E-state index contributed by atoms with van der Waals surface area (Å²) in [5.74, 6) is 0.00388. The number of pyridine rings is 1. The predicted molar refractivity (Wildman–Crippen MR) is 97.7 cm³/mol. The maximum absolute atomic E-state index is 13.4. The van der Waals surface area contributed by atoms with Gasteiger partial charge >= 0.3 is 6.18 Å². The summed E-state index contributed by atoms with van der Waals surface area (Å²) in [5, 5.41) is 9.72. The summed E-state index contributed by atoms with van der Waals surface area (Å²) in [6, 6.07) is 2.50. The molecule has 1 amide bonds. The lowest BCUT2D eigenvalue weighted by Crippen LogP contribution is -2.50. The molecule has 0 aromatic carbocycles. The molecular weight excluding hydrogens is 371 g/mol. The van der Waals surface area contributed by atoms with Crippen molar-refractivity contribution in [3.8, 4) is 0 Å². The van der Waals surface area contributed by atoms with Gasteiger partial charge in [0.2, 0.25) is 5.91 Å². The molecule has 3 fully saturated rings. The van der Waals surface area contributed by atoms with Crippen LogP contribution in [0.25, 0.3) is 0 Å². The highest BCUT2D eigenvalue weighted by molar-refractivity contribution is 5.86. The lowest BCUT2D eigenvalue weighted by Gasteiger charge is -2.41. The molecular formula is C20H26F3N3O2. The first-order chi connectivity index (χ1) is 13.3. The van der Waals surface area contributed by atoms with E-state index in [2.05, 4.69) is 4.98 Å². The van der Waals surface area contributed by atoms with Crippen molar-refractivity contribution >= 4 is 11.7 Å². The molecule has 2 saturated heterocycles. The number of carbonyl (C=O) groups is 1. The molecule has 1 N–H and O–H groups in total. The summed E-state index contributed by atoms with van der Waals surface area (Å²) in [7, 11) is 0. The van der Waals surface area contributed by atoms with E-state index in [-0.39, 0.29) is 30.4 Å². The number of aliphatic hydroxyl groups excluding tert-OH is 1. The van der Waals surface area contributed by atoms with E-state index >= 15 is 0 Å². The summed E-state index contributed by atoms with van der Waals surface area (Å²) < 4.78 is 40.3. The number of nitrogens with zero attached hydrogens (tertiary/aromatic N) is 3. The Hall–Kier alpha value is -1.83. The third-order valence-corrected chi connectivity index (χ3v) is 6.62. The average molecular weight is 397 g/mol. The minimum atomic E-state index is -4.47. The maximum Gasteiger partial charge on any atom is 0.419 e. The first-order valence-corrected chi connectivity index (χ1v) is 10.1. The highest BCUT2D eigenvalue weighted by Gasteiger charge is 2.51. The van der Waals surface area contributed by atoms with Crippen molar-refractivity contribution in [2.75, 3.05) is 24.5 Å². The summed E-state index contributed by atoms with van der Waals surface area (Å²) in [6.07, 6.45) is 1.70. The van der Waals surface area contributed by atoms with Crippen LogP contribution in [-0.4, -0.2) is 52.7 Å². The van der Waals surface area contributed by atoms with Gasteiger partial charge in [-0.05, 0) is 57.1 Å². The number of likely N-dealkylation sites (tertiary alicyclic amines) is 1. The van der Waals surface area contributed by atoms with E-state index < -0.39 is 17.2 Å². The number of hydrogen-bond donors (Lipinski definition) is 1. The molecule has 5 nitrogen and oxygen atoms in total. The molecule has 1 aromatic heterocycles. The van der Waals surface area contributed by atoms with Gasteiger partial charge in [-0.1, -0.05) is 0 Å². The van der Waals surface area contributed by atoms with Gasteiger partial charge in [0.05, 0.1) is 17.1 Å². The second-order valence-corrected chi connectivity index (χ2v) is 8.39. The number of alkyl halides is 3. The Kier molecular flexibility index (Phi) is 5.02. The maximum atomic E-state index is 13.4. The smallest absolute Gasteiger partial charge is 0.393 e. The van der Waals surface area contributed by atoms with E-state index in [9.17, 15) is 23.1 Å². The molecule has 28 heavy (non-hydrogen) atoms. The van der Waals surface area contributed by atoms with Crippen molar-refractivity contribution in [2.45, 2.75) is 63.3 Å². The highest BCUT2D eigenvalue weighted by atomic mass is 19.4. The Bertz CT molecular complexity index is 734. The van der Waals surface area contributed by atoms with Crippen LogP contribution in [0.2, 0.25) is 0 Å². The normalized spacial score (nSPS) is 31.6. The quantitative estimate of drug-likeness (QED) is 0.833. The van der Waals surface area contributed by atoms with Crippen molar-refractivity contribution in [1.82, 2.24) is 9.88 Å². The number of aromatic nitrogens is 1. The van der Waals surface area contributed by atoms with Crippen LogP contribution >= 0.6 is 0 Å². The van der Waals surface area contributed by atoms with Crippen molar-refractivity contribution in [2.24, 2.45) is 5.41 Å². The number of aliphatic hydroxyl groups is 1. The van der Waals surface area contributed by atoms with Crippen LogP contribution in [0.5, 0.6) is 0 Å². The van der Waals surface area contributed by atoms with Crippen molar-refractivity contribution in [3.63, 3.8) is 0 Å². The van der Waals surface area contributed by atoms with Crippen LogP contribution in [0, 0.1) is 5.41 Å². The molecule has 1 spiro atoms. The van der Waals surface area contributed by atoms with Gasteiger partial charge in [0.15, 0.2) is 0 Å². The van der Waals surface area contributed by atoms with Crippen LogP contribution in [0.15, 0.2) is 18.3 Å². The first-order valence-electron chi connectivity index (χ1n) is 10.1. The largest absolute Gasteiger partial charge is 0.419 e. The van der Waals surface area contributed by atoms with Gasteiger partial charge < -0.3 is 14.9 Å². The van der Waals surface area contributed by atoms with Crippen LogP contribution in [0.4, 0.5) is 19.0 Å². The Balaban J connectivity index is 1.54. The zero-order valence-corrected chi connectivity index (χ0v) is 15.8. The molecule has 1 unspecified atom stereocenters. The Labute approximate surface area is 162 Å². The van der Waals surface area contributed by atoms with Crippen LogP contribution in [-0.2, 0) is 11.0 Å². The molecule has 1 aromatic rings. The predicted octanol–water partition coefficient (Wildman–Crippen LogP) is 3.22. The molecule has 0 bridgehead atoms. The van der Waals surface area contributed by atoms with Crippen molar-refractivity contribution < 1.29 is 23.1 Å². The Morgan fingerprint density at radius 1 is 1.14 bits per heavy atom. The van der Waals surface area contributed by atoms with Crippen LogP contribution < -0.4 is 4.90 Å². The SMILES string of the molecule is O=C1N([C@H]2CC[C@@H](O)CC2)CCC12CCCN(c1ncccc1C(F)(F)F)C2.